The highest BCUT2D eigenvalue weighted by atomic mass is 32.2. The predicted octanol–water partition coefficient (Wildman–Crippen LogP) is 3.62. The maximum absolute atomic E-state index is 12.5. The quantitative estimate of drug-likeness (QED) is 0.875. The number of benzene rings is 2. The van der Waals surface area contributed by atoms with Gasteiger partial charge in [-0.05, 0) is 42.2 Å². The molecule has 0 saturated heterocycles. The van der Waals surface area contributed by atoms with Crippen molar-refractivity contribution in [3.05, 3.63) is 59.2 Å². The van der Waals surface area contributed by atoms with Gasteiger partial charge < -0.3 is 5.11 Å². The first-order valence-electron chi connectivity index (χ1n) is 7.18. The van der Waals surface area contributed by atoms with Crippen LogP contribution in [-0.2, 0) is 10.0 Å². The van der Waals surface area contributed by atoms with Gasteiger partial charge in [-0.2, -0.15) is 0 Å². The highest BCUT2D eigenvalue weighted by Gasteiger charge is 2.20. The van der Waals surface area contributed by atoms with Crippen LogP contribution in [0.4, 0.5) is 5.69 Å². The van der Waals surface area contributed by atoms with Gasteiger partial charge in [-0.1, -0.05) is 38.1 Å². The van der Waals surface area contributed by atoms with Crippen molar-refractivity contribution < 1.29 is 18.3 Å². The van der Waals surface area contributed by atoms with Crippen molar-refractivity contribution in [2.24, 2.45) is 0 Å². The van der Waals surface area contributed by atoms with Crippen LogP contribution in [0.2, 0.25) is 0 Å². The molecule has 6 heteroatoms. The number of hydrogen-bond donors (Lipinski definition) is 2. The number of nitrogens with one attached hydrogen (secondary N) is 1. The topological polar surface area (TPSA) is 83.5 Å². The van der Waals surface area contributed by atoms with E-state index in [-0.39, 0.29) is 16.1 Å². The molecule has 0 radical (unpaired) electrons. The van der Waals surface area contributed by atoms with Gasteiger partial charge in [0, 0.05) is 0 Å². The van der Waals surface area contributed by atoms with E-state index >= 15 is 0 Å². The number of anilines is 1. The van der Waals surface area contributed by atoms with Gasteiger partial charge in [0.25, 0.3) is 10.0 Å². The van der Waals surface area contributed by atoms with Crippen LogP contribution in [0.25, 0.3) is 0 Å². The van der Waals surface area contributed by atoms with Crippen LogP contribution in [0.5, 0.6) is 0 Å². The largest absolute Gasteiger partial charge is 0.478 e. The molecular formula is C17H19NO4S. The second-order valence-electron chi connectivity index (χ2n) is 5.63. The number of sulfonamides is 1. The molecule has 2 aromatic rings. The maximum Gasteiger partial charge on any atom is 0.337 e. The maximum atomic E-state index is 12.5. The number of rotatable bonds is 5. The van der Waals surface area contributed by atoms with Gasteiger partial charge in [0.2, 0.25) is 0 Å². The number of carboxylic acid groups (broad SMARTS) is 1. The zero-order valence-corrected chi connectivity index (χ0v) is 14.0. The summed E-state index contributed by atoms with van der Waals surface area (Å²) in [6.07, 6.45) is 0. The lowest BCUT2D eigenvalue weighted by atomic mass is 10.0. The number of aromatic carboxylic acids is 1. The average molecular weight is 333 g/mol. The molecular weight excluding hydrogens is 314 g/mol. The van der Waals surface area contributed by atoms with Crippen LogP contribution in [0.15, 0.2) is 47.4 Å². The molecule has 0 aromatic heterocycles. The summed E-state index contributed by atoms with van der Waals surface area (Å²) >= 11 is 0. The van der Waals surface area contributed by atoms with Crippen molar-refractivity contribution in [2.75, 3.05) is 4.72 Å². The number of para-hydroxylation sites is 1. The van der Waals surface area contributed by atoms with Crippen molar-refractivity contribution in [3.63, 3.8) is 0 Å². The van der Waals surface area contributed by atoms with E-state index in [1.807, 2.05) is 13.8 Å². The number of carboxylic acids is 1. The van der Waals surface area contributed by atoms with Crippen molar-refractivity contribution in [1.29, 1.82) is 0 Å². The molecule has 0 aliphatic heterocycles. The van der Waals surface area contributed by atoms with Crippen LogP contribution in [-0.4, -0.2) is 19.5 Å². The molecule has 0 fully saturated rings. The van der Waals surface area contributed by atoms with Gasteiger partial charge in [-0.3, -0.25) is 4.72 Å². The minimum Gasteiger partial charge on any atom is -0.478 e. The van der Waals surface area contributed by atoms with E-state index in [0.29, 0.717) is 11.5 Å². The fourth-order valence-corrected chi connectivity index (χ4v) is 3.36. The molecule has 0 atom stereocenters. The molecule has 23 heavy (non-hydrogen) atoms. The first-order chi connectivity index (χ1) is 10.7. The van der Waals surface area contributed by atoms with Crippen LogP contribution < -0.4 is 4.72 Å². The molecule has 0 heterocycles. The molecule has 2 N–H and O–H groups in total. The molecule has 0 amide bonds. The Balaban J connectivity index is 2.41. The third kappa shape index (κ3) is 3.71. The summed E-state index contributed by atoms with van der Waals surface area (Å²) in [7, 11) is -3.85. The summed E-state index contributed by atoms with van der Waals surface area (Å²) in [5, 5.41) is 9.22. The van der Waals surface area contributed by atoms with Crippen molar-refractivity contribution >= 4 is 21.7 Å². The van der Waals surface area contributed by atoms with Crippen LogP contribution in [0.1, 0.15) is 41.3 Å². The molecule has 0 saturated carbocycles. The average Bonchev–Trinajstić information content (AvgIpc) is 2.49. The minimum absolute atomic E-state index is 0.0765. The lowest BCUT2D eigenvalue weighted by Gasteiger charge is -2.14. The first-order valence-corrected chi connectivity index (χ1v) is 8.66. The highest BCUT2D eigenvalue weighted by Crippen LogP contribution is 2.25. The standard InChI is InChI=1S/C17H19NO4S/c1-11(2)13-7-9-14(10-8-13)23(21,22)18-16-12(3)5-4-6-15(16)17(19)20/h4-11,18H,1-3H3,(H,19,20). The SMILES string of the molecule is Cc1cccc(C(=O)O)c1NS(=O)(=O)c1ccc(C(C)C)cc1. The van der Waals surface area contributed by atoms with Crippen molar-refractivity contribution in [1.82, 2.24) is 0 Å². The van der Waals surface area contributed by atoms with E-state index in [0.717, 1.165) is 5.56 Å². The Hall–Kier alpha value is -2.34. The fraction of sp³-hybridized carbons (Fsp3) is 0.235. The number of hydrogen-bond acceptors (Lipinski definition) is 3. The van der Waals surface area contributed by atoms with Gasteiger partial charge in [0.1, 0.15) is 0 Å². The molecule has 2 rings (SSSR count). The molecule has 0 spiro atoms. The molecule has 0 unspecified atom stereocenters. The van der Waals surface area contributed by atoms with Crippen LogP contribution in [0.3, 0.4) is 0 Å². The lowest BCUT2D eigenvalue weighted by molar-refractivity contribution is 0.0698. The zero-order valence-electron chi connectivity index (χ0n) is 13.2. The summed E-state index contributed by atoms with van der Waals surface area (Å²) in [4.78, 5) is 11.4. The Bertz CT molecular complexity index is 824. The normalized spacial score (nSPS) is 11.5. The molecule has 0 aliphatic carbocycles. The third-order valence-electron chi connectivity index (χ3n) is 3.60. The van der Waals surface area contributed by atoms with E-state index in [2.05, 4.69) is 4.72 Å². The van der Waals surface area contributed by atoms with Crippen molar-refractivity contribution in [3.8, 4) is 0 Å². The second kappa shape index (κ2) is 6.42. The fourth-order valence-electron chi connectivity index (χ4n) is 2.21. The molecule has 5 nitrogen and oxygen atoms in total. The monoisotopic (exact) mass is 333 g/mol. The molecule has 0 aliphatic rings. The van der Waals surface area contributed by atoms with E-state index in [4.69, 9.17) is 0 Å². The van der Waals surface area contributed by atoms with Crippen LogP contribution >= 0.6 is 0 Å². The Morgan fingerprint density at radius 1 is 1.09 bits per heavy atom. The van der Waals surface area contributed by atoms with E-state index in [1.165, 1.54) is 18.2 Å². The van der Waals surface area contributed by atoms with E-state index in [9.17, 15) is 18.3 Å². The molecule has 2 aromatic carbocycles. The summed E-state index contributed by atoms with van der Waals surface area (Å²) in [5.41, 5.74) is 1.60. The number of carbonyl (C=O) groups is 1. The first kappa shape index (κ1) is 17.0. The highest BCUT2D eigenvalue weighted by molar-refractivity contribution is 7.92. The Morgan fingerprint density at radius 3 is 2.22 bits per heavy atom. The lowest BCUT2D eigenvalue weighted by Crippen LogP contribution is -2.16. The molecule has 122 valence electrons. The Labute approximate surface area is 136 Å². The van der Waals surface area contributed by atoms with Gasteiger partial charge >= 0.3 is 5.97 Å². The smallest absolute Gasteiger partial charge is 0.337 e. The summed E-state index contributed by atoms with van der Waals surface area (Å²) in [5.74, 6) is -0.878. The Kier molecular flexibility index (Phi) is 4.75. The molecule has 0 bridgehead atoms. The summed E-state index contributed by atoms with van der Waals surface area (Å²) in [6, 6.07) is 11.2. The van der Waals surface area contributed by atoms with Gasteiger partial charge in [0.05, 0.1) is 16.1 Å². The van der Waals surface area contributed by atoms with Crippen LogP contribution in [0, 0.1) is 6.92 Å². The second-order valence-corrected chi connectivity index (χ2v) is 7.31. The van der Waals surface area contributed by atoms with E-state index < -0.39 is 16.0 Å². The van der Waals surface area contributed by atoms with E-state index in [1.54, 1.807) is 31.2 Å². The van der Waals surface area contributed by atoms with Gasteiger partial charge in [-0.25, -0.2) is 13.2 Å². The zero-order chi connectivity index (χ0) is 17.2. The number of aryl methyl sites for hydroxylation is 1. The predicted molar refractivity (Wildman–Crippen MR) is 89.5 cm³/mol. The Morgan fingerprint density at radius 2 is 1.70 bits per heavy atom. The van der Waals surface area contributed by atoms with Gasteiger partial charge in [-0.15, -0.1) is 0 Å². The minimum atomic E-state index is -3.85. The third-order valence-corrected chi connectivity index (χ3v) is 4.96. The summed E-state index contributed by atoms with van der Waals surface area (Å²) < 4.78 is 27.4. The van der Waals surface area contributed by atoms with Crippen molar-refractivity contribution in [2.45, 2.75) is 31.6 Å². The summed E-state index contributed by atoms with van der Waals surface area (Å²) in [6.45, 7) is 5.70. The van der Waals surface area contributed by atoms with Gasteiger partial charge in [0.15, 0.2) is 0 Å².